The number of nitrogens with zero attached hydrogens (tertiary/aromatic N) is 1. The topological polar surface area (TPSA) is 50.2 Å². The Labute approximate surface area is 70.1 Å². The van der Waals surface area contributed by atoms with Gasteiger partial charge >= 0.3 is 5.97 Å². The van der Waals surface area contributed by atoms with Crippen molar-refractivity contribution >= 4 is 5.97 Å². The van der Waals surface area contributed by atoms with E-state index in [4.69, 9.17) is 5.11 Å². The van der Waals surface area contributed by atoms with Gasteiger partial charge in [-0.25, -0.2) is 9.78 Å². The zero-order valence-electron chi connectivity index (χ0n) is 6.53. The average molecular weight is 163 g/mol. The third-order valence-corrected chi connectivity index (χ3v) is 2.05. The molecule has 1 saturated carbocycles. The van der Waals surface area contributed by atoms with Crippen molar-refractivity contribution < 1.29 is 9.90 Å². The van der Waals surface area contributed by atoms with Crippen molar-refractivity contribution in [1.82, 2.24) is 4.98 Å². The van der Waals surface area contributed by atoms with E-state index >= 15 is 0 Å². The van der Waals surface area contributed by atoms with Gasteiger partial charge in [0.2, 0.25) is 0 Å². The van der Waals surface area contributed by atoms with Crippen LogP contribution in [0, 0.1) is 0 Å². The molecule has 0 spiro atoms. The zero-order chi connectivity index (χ0) is 8.55. The van der Waals surface area contributed by atoms with Gasteiger partial charge in [-0.05, 0) is 36.5 Å². The van der Waals surface area contributed by atoms with E-state index in [1.54, 1.807) is 12.3 Å². The quantitative estimate of drug-likeness (QED) is 0.721. The lowest BCUT2D eigenvalue weighted by Gasteiger charge is -1.97. The van der Waals surface area contributed by atoms with Gasteiger partial charge in [-0.3, -0.25) is 0 Å². The number of rotatable bonds is 2. The number of hydrogen-bond acceptors (Lipinski definition) is 2. The van der Waals surface area contributed by atoms with Crippen LogP contribution in [0.15, 0.2) is 18.3 Å². The van der Waals surface area contributed by atoms with E-state index in [9.17, 15) is 4.79 Å². The van der Waals surface area contributed by atoms with E-state index in [-0.39, 0.29) is 5.69 Å². The predicted octanol–water partition coefficient (Wildman–Crippen LogP) is 1.66. The Kier molecular flexibility index (Phi) is 1.57. The Morgan fingerprint density at radius 2 is 2.33 bits per heavy atom. The summed E-state index contributed by atoms with van der Waals surface area (Å²) in [6.07, 6.45) is 3.93. The van der Waals surface area contributed by atoms with Crippen molar-refractivity contribution in [3.63, 3.8) is 0 Å². The van der Waals surface area contributed by atoms with Crippen LogP contribution in [0.25, 0.3) is 0 Å². The summed E-state index contributed by atoms with van der Waals surface area (Å²) in [5.41, 5.74) is 1.27. The monoisotopic (exact) mass is 163 g/mol. The highest BCUT2D eigenvalue weighted by atomic mass is 16.4. The molecular weight excluding hydrogens is 154 g/mol. The van der Waals surface area contributed by atoms with Crippen LogP contribution >= 0.6 is 0 Å². The summed E-state index contributed by atoms with van der Waals surface area (Å²) >= 11 is 0. The molecule has 0 aliphatic heterocycles. The fraction of sp³-hybridized carbons (Fsp3) is 0.333. The van der Waals surface area contributed by atoms with Gasteiger partial charge in [0.15, 0.2) is 0 Å². The Morgan fingerprint density at radius 3 is 2.92 bits per heavy atom. The van der Waals surface area contributed by atoms with Crippen LogP contribution in [0.1, 0.15) is 34.8 Å². The molecule has 1 N–H and O–H groups in total. The van der Waals surface area contributed by atoms with E-state index in [0.717, 1.165) is 5.56 Å². The molecule has 0 atom stereocenters. The lowest BCUT2D eigenvalue weighted by molar-refractivity contribution is 0.0690. The predicted molar refractivity (Wildman–Crippen MR) is 43.2 cm³/mol. The van der Waals surface area contributed by atoms with Gasteiger partial charge in [0.05, 0.1) is 0 Å². The molecule has 3 heteroatoms. The minimum Gasteiger partial charge on any atom is -0.477 e. The minimum atomic E-state index is -0.947. The molecule has 0 saturated heterocycles. The van der Waals surface area contributed by atoms with Crippen LogP contribution in [-0.4, -0.2) is 16.1 Å². The smallest absolute Gasteiger partial charge is 0.354 e. The van der Waals surface area contributed by atoms with Gasteiger partial charge in [0.25, 0.3) is 0 Å². The number of carboxylic acid groups (broad SMARTS) is 1. The number of carboxylic acids is 1. The second-order valence-electron chi connectivity index (χ2n) is 3.05. The molecular formula is C9H9NO2. The standard InChI is InChI=1S/C9H9NO2/c11-9(12)8-5-7(3-4-10-8)6-1-2-6/h3-6H,1-2H2,(H,11,12). The summed E-state index contributed by atoms with van der Waals surface area (Å²) in [5, 5.41) is 8.65. The van der Waals surface area contributed by atoms with Crippen LogP contribution in [-0.2, 0) is 0 Å². The molecule has 2 rings (SSSR count). The molecule has 1 fully saturated rings. The molecule has 0 aromatic carbocycles. The summed E-state index contributed by atoms with van der Waals surface area (Å²) in [5.74, 6) is -0.358. The molecule has 0 bridgehead atoms. The number of aromatic nitrogens is 1. The second-order valence-corrected chi connectivity index (χ2v) is 3.05. The first-order valence-electron chi connectivity index (χ1n) is 3.96. The summed E-state index contributed by atoms with van der Waals surface area (Å²) in [6.45, 7) is 0. The van der Waals surface area contributed by atoms with E-state index < -0.39 is 5.97 Å². The first-order chi connectivity index (χ1) is 5.77. The maximum Gasteiger partial charge on any atom is 0.354 e. The van der Waals surface area contributed by atoms with Gasteiger partial charge in [-0.1, -0.05) is 0 Å². The Balaban J connectivity index is 2.32. The number of carbonyl (C=O) groups is 1. The molecule has 1 heterocycles. The largest absolute Gasteiger partial charge is 0.477 e. The van der Waals surface area contributed by atoms with Crippen LogP contribution in [0.2, 0.25) is 0 Å². The molecule has 1 aromatic heterocycles. The SMILES string of the molecule is O=C(O)c1cc(C2CC2)ccn1. The highest BCUT2D eigenvalue weighted by Gasteiger charge is 2.24. The fourth-order valence-electron chi connectivity index (χ4n) is 1.23. The van der Waals surface area contributed by atoms with Gasteiger partial charge in [-0.15, -0.1) is 0 Å². The van der Waals surface area contributed by atoms with Crippen molar-refractivity contribution in [2.45, 2.75) is 18.8 Å². The van der Waals surface area contributed by atoms with Crippen molar-refractivity contribution in [1.29, 1.82) is 0 Å². The lowest BCUT2D eigenvalue weighted by Crippen LogP contribution is -2.00. The molecule has 0 amide bonds. The van der Waals surface area contributed by atoms with E-state index in [1.165, 1.54) is 12.8 Å². The highest BCUT2D eigenvalue weighted by Crippen LogP contribution is 2.39. The van der Waals surface area contributed by atoms with E-state index in [1.807, 2.05) is 6.07 Å². The number of aromatic carboxylic acids is 1. The van der Waals surface area contributed by atoms with Gasteiger partial charge < -0.3 is 5.11 Å². The minimum absolute atomic E-state index is 0.152. The molecule has 3 nitrogen and oxygen atoms in total. The lowest BCUT2D eigenvalue weighted by atomic mass is 10.1. The second kappa shape index (κ2) is 2.59. The average Bonchev–Trinajstić information content (AvgIpc) is 2.87. The van der Waals surface area contributed by atoms with Gasteiger partial charge in [-0.2, -0.15) is 0 Å². The fourth-order valence-corrected chi connectivity index (χ4v) is 1.23. The molecule has 0 radical (unpaired) electrons. The summed E-state index contributed by atoms with van der Waals surface area (Å²) < 4.78 is 0. The molecule has 62 valence electrons. The van der Waals surface area contributed by atoms with Gasteiger partial charge in [0.1, 0.15) is 5.69 Å². The van der Waals surface area contributed by atoms with Crippen LogP contribution in [0.3, 0.4) is 0 Å². The van der Waals surface area contributed by atoms with E-state index in [2.05, 4.69) is 4.98 Å². The first kappa shape index (κ1) is 7.28. The summed E-state index contributed by atoms with van der Waals surface area (Å²) in [7, 11) is 0. The van der Waals surface area contributed by atoms with E-state index in [0.29, 0.717) is 5.92 Å². The van der Waals surface area contributed by atoms with Crippen LogP contribution in [0.5, 0.6) is 0 Å². The molecule has 0 unspecified atom stereocenters. The Morgan fingerprint density at radius 1 is 1.58 bits per heavy atom. The Bertz CT molecular complexity index is 318. The molecule has 1 aliphatic rings. The number of hydrogen-bond donors (Lipinski definition) is 1. The normalized spacial score (nSPS) is 16.0. The van der Waals surface area contributed by atoms with Crippen molar-refractivity contribution in [2.24, 2.45) is 0 Å². The van der Waals surface area contributed by atoms with Crippen LogP contribution in [0.4, 0.5) is 0 Å². The molecule has 12 heavy (non-hydrogen) atoms. The van der Waals surface area contributed by atoms with Crippen LogP contribution < -0.4 is 0 Å². The maximum atomic E-state index is 10.5. The zero-order valence-corrected chi connectivity index (χ0v) is 6.53. The maximum absolute atomic E-state index is 10.5. The third-order valence-electron chi connectivity index (χ3n) is 2.05. The third kappa shape index (κ3) is 1.30. The van der Waals surface area contributed by atoms with Gasteiger partial charge in [0, 0.05) is 6.20 Å². The first-order valence-corrected chi connectivity index (χ1v) is 3.96. The summed E-state index contributed by atoms with van der Waals surface area (Å²) in [6, 6.07) is 3.56. The highest BCUT2D eigenvalue weighted by molar-refractivity contribution is 5.85. The van der Waals surface area contributed by atoms with Crippen molar-refractivity contribution in [3.05, 3.63) is 29.6 Å². The summed E-state index contributed by atoms with van der Waals surface area (Å²) in [4.78, 5) is 14.3. The molecule has 1 aromatic rings. The Hall–Kier alpha value is -1.38. The van der Waals surface area contributed by atoms with Crippen molar-refractivity contribution in [3.8, 4) is 0 Å². The number of pyridine rings is 1. The van der Waals surface area contributed by atoms with Crippen molar-refractivity contribution in [2.75, 3.05) is 0 Å². The molecule has 1 aliphatic carbocycles.